The first kappa shape index (κ1) is 15.5. The predicted octanol–water partition coefficient (Wildman–Crippen LogP) is 2.99. The number of aryl methyl sites for hydroxylation is 1. The van der Waals surface area contributed by atoms with Crippen LogP contribution in [0.15, 0.2) is 18.5 Å². The Balaban J connectivity index is 1.74. The Kier molecular flexibility index (Phi) is 5.17. The zero-order chi connectivity index (χ0) is 14.6. The Morgan fingerprint density at radius 3 is 2.55 bits per heavy atom. The topological polar surface area (TPSA) is 28.2 Å². The highest BCUT2D eigenvalue weighted by Gasteiger charge is 2.20. The Morgan fingerprint density at radius 2 is 1.95 bits per heavy atom. The summed E-state index contributed by atoms with van der Waals surface area (Å²) in [6.07, 6.45) is 6.54. The number of likely N-dealkylation sites (tertiary alicyclic amines) is 1. The smallest absolute Gasteiger partial charge is 0.0313 e. The minimum absolute atomic E-state index is 0.240. The summed E-state index contributed by atoms with van der Waals surface area (Å²) in [5.41, 5.74) is 2.84. The van der Waals surface area contributed by atoms with Crippen LogP contribution in [0.2, 0.25) is 0 Å². The van der Waals surface area contributed by atoms with Crippen LogP contribution in [-0.4, -0.2) is 35.1 Å². The maximum atomic E-state index is 4.28. The zero-order valence-electron chi connectivity index (χ0n) is 13.4. The average Bonchev–Trinajstić information content (AvgIpc) is 2.37. The normalized spacial score (nSPS) is 18.4. The molecule has 0 aromatic carbocycles. The molecule has 3 heteroatoms. The van der Waals surface area contributed by atoms with Crippen molar-refractivity contribution in [3.05, 3.63) is 29.6 Å². The minimum Gasteiger partial charge on any atom is -0.312 e. The average molecular weight is 275 g/mol. The molecule has 0 radical (unpaired) electrons. The van der Waals surface area contributed by atoms with Gasteiger partial charge >= 0.3 is 0 Å². The number of nitrogens with one attached hydrogen (secondary N) is 1. The molecule has 112 valence electrons. The van der Waals surface area contributed by atoms with Crippen LogP contribution in [0, 0.1) is 12.8 Å². The van der Waals surface area contributed by atoms with Gasteiger partial charge in [-0.25, -0.2) is 0 Å². The quantitative estimate of drug-likeness (QED) is 0.915. The fraction of sp³-hybridized carbons (Fsp3) is 0.706. The molecule has 2 heterocycles. The number of rotatable bonds is 4. The molecule has 0 atom stereocenters. The lowest BCUT2D eigenvalue weighted by atomic mass is 9.95. The molecule has 1 aromatic heterocycles. The van der Waals surface area contributed by atoms with Crippen LogP contribution in [-0.2, 0) is 6.54 Å². The maximum Gasteiger partial charge on any atom is 0.0313 e. The van der Waals surface area contributed by atoms with Crippen molar-refractivity contribution in [1.82, 2.24) is 15.2 Å². The Bertz CT molecular complexity index is 414. The van der Waals surface area contributed by atoms with Crippen molar-refractivity contribution < 1.29 is 0 Å². The first-order valence-electron chi connectivity index (χ1n) is 7.80. The fourth-order valence-electron chi connectivity index (χ4n) is 2.76. The van der Waals surface area contributed by atoms with Gasteiger partial charge in [0.15, 0.2) is 0 Å². The van der Waals surface area contributed by atoms with Crippen LogP contribution in [0.1, 0.15) is 44.7 Å². The third-order valence-corrected chi connectivity index (χ3v) is 3.97. The zero-order valence-corrected chi connectivity index (χ0v) is 13.4. The summed E-state index contributed by atoms with van der Waals surface area (Å²) < 4.78 is 0. The Morgan fingerprint density at radius 1 is 1.25 bits per heavy atom. The fourth-order valence-corrected chi connectivity index (χ4v) is 2.76. The van der Waals surface area contributed by atoms with Gasteiger partial charge in [0.1, 0.15) is 0 Å². The molecule has 0 unspecified atom stereocenters. The standard InChI is InChI=1S/C17H29N3/c1-14-9-16(11-18-10-14)13-20-7-5-15(6-8-20)12-19-17(2,3)4/h9-11,15,19H,5-8,12-13H2,1-4H3. The van der Waals surface area contributed by atoms with Crippen LogP contribution >= 0.6 is 0 Å². The summed E-state index contributed by atoms with van der Waals surface area (Å²) in [4.78, 5) is 6.84. The lowest BCUT2D eigenvalue weighted by molar-refractivity contribution is 0.170. The van der Waals surface area contributed by atoms with E-state index in [9.17, 15) is 0 Å². The predicted molar refractivity (Wildman–Crippen MR) is 84.7 cm³/mol. The number of nitrogens with zero attached hydrogens (tertiary/aromatic N) is 2. The number of piperidine rings is 1. The van der Waals surface area contributed by atoms with E-state index in [1.54, 1.807) is 0 Å². The van der Waals surface area contributed by atoms with Crippen molar-refractivity contribution in [3.63, 3.8) is 0 Å². The summed E-state index contributed by atoms with van der Waals surface area (Å²) in [5.74, 6) is 0.834. The van der Waals surface area contributed by atoms with E-state index in [1.807, 2.05) is 12.4 Å². The second-order valence-electron chi connectivity index (χ2n) is 7.22. The van der Waals surface area contributed by atoms with Crippen molar-refractivity contribution in [2.75, 3.05) is 19.6 Å². The molecule has 0 spiro atoms. The highest BCUT2D eigenvalue weighted by Crippen LogP contribution is 2.19. The van der Waals surface area contributed by atoms with E-state index in [0.717, 1.165) is 19.0 Å². The van der Waals surface area contributed by atoms with Crippen molar-refractivity contribution in [2.24, 2.45) is 5.92 Å². The van der Waals surface area contributed by atoms with E-state index in [0.29, 0.717) is 0 Å². The van der Waals surface area contributed by atoms with E-state index < -0.39 is 0 Å². The van der Waals surface area contributed by atoms with Gasteiger partial charge in [-0.1, -0.05) is 6.07 Å². The third-order valence-electron chi connectivity index (χ3n) is 3.97. The molecule has 0 bridgehead atoms. The van der Waals surface area contributed by atoms with E-state index in [1.165, 1.54) is 37.1 Å². The molecule has 1 saturated heterocycles. The molecule has 1 aliphatic heterocycles. The van der Waals surface area contributed by atoms with Crippen molar-refractivity contribution in [1.29, 1.82) is 0 Å². The molecule has 0 saturated carbocycles. The third kappa shape index (κ3) is 5.22. The largest absolute Gasteiger partial charge is 0.312 e. The summed E-state index contributed by atoms with van der Waals surface area (Å²) >= 11 is 0. The van der Waals surface area contributed by atoms with Crippen molar-refractivity contribution in [3.8, 4) is 0 Å². The van der Waals surface area contributed by atoms with Gasteiger partial charge in [-0.15, -0.1) is 0 Å². The van der Waals surface area contributed by atoms with Gasteiger partial charge in [0.05, 0.1) is 0 Å². The Hall–Kier alpha value is -0.930. The van der Waals surface area contributed by atoms with Crippen LogP contribution in [0.5, 0.6) is 0 Å². The van der Waals surface area contributed by atoms with Crippen LogP contribution in [0.25, 0.3) is 0 Å². The van der Waals surface area contributed by atoms with Crippen molar-refractivity contribution in [2.45, 2.75) is 52.6 Å². The molecule has 0 amide bonds. The van der Waals surface area contributed by atoms with Crippen LogP contribution in [0.3, 0.4) is 0 Å². The molecule has 1 aromatic rings. The SMILES string of the molecule is Cc1cncc(CN2CCC(CNC(C)(C)C)CC2)c1. The summed E-state index contributed by atoms with van der Waals surface area (Å²) in [7, 11) is 0. The van der Waals surface area contributed by atoms with Gasteiger partial charge in [-0.3, -0.25) is 9.88 Å². The van der Waals surface area contributed by atoms with Gasteiger partial charge in [0, 0.05) is 24.5 Å². The molecule has 3 nitrogen and oxygen atoms in total. The van der Waals surface area contributed by atoms with Gasteiger partial charge in [-0.2, -0.15) is 0 Å². The lowest BCUT2D eigenvalue weighted by Crippen LogP contribution is -2.42. The van der Waals surface area contributed by atoms with Crippen LogP contribution in [0.4, 0.5) is 0 Å². The molecule has 20 heavy (non-hydrogen) atoms. The van der Waals surface area contributed by atoms with Crippen LogP contribution < -0.4 is 5.32 Å². The minimum atomic E-state index is 0.240. The first-order chi connectivity index (χ1) is 9.42. The second-order valence-corrected chi connectivity index (χ2v) is 7.22. The van der Waals surface area contributed by atoms with Gasteiger partial charge < -0.3 is 5.32 Å². The van der Waals surface area contributed by atoms with E-state index in [4.69, 9.17) is 0 Å². The monoisotopic (exact) mass is 275 g/mol. The first-order valence-corrected chi connectivity index (χ1v) is 7.80. The summed E-state index contributed by atoms with van der Waals surface area (Å²) in [6, 6.07) is 2.25. The molecule has 0 aliphatic carbocycles. The van der Waals surface area contributed by atoms with E-state index in [2.05, 4.69) is 49.0 Å². The number of hydrogen-bond acceptors (Lipinski definition) is 3. The van der Waals surface area contributed by atoms with Gasteiger partial charge in [0.2, 0.25) is 0 Å². The number of hydrogen-bond donors (Lipinski definition) is 1. The summed E-state index contributed by atoms with van der Waals surface area (Å²) in [6.45, 7) is 13.5. The molecular weight excluding hydrogens is 246 g/mol. The highest BCUT2D eigenvalue weighted by molar-refractivity contribution is 5.16. The van der Waals surface area contributed by atoms with E-state index >= 15 is 0 Å². The number of pyridine rings is 1. The number of aromatic nitrogens is 1. The van der Waals surface area contributed by atoms with Crippen molar-refractivity contribution >= 4 is 0 Å². The molecule has 2 rings (SSSR count). The summed E-state index contributed by atoms with van der Waals surface area (Å²) in [5, 5.41) is 3.64. The van der Waals surface area contributed by atoms with Gasteiger partial charge in [-0.05, 0) is 77.2 Å². The second kappa shape index (κ2) is 6.68. The molecule has 1 fully saturated rings. The lowest BCUT2D eigenvalue weighted by Gasteiger charge is -2.33. The highest BCUT2D eigenvalue weighted by atomic mass is 15.1. The molecule has 1 N–H and O–H groups in total. The Labute approximate surface area is 123 Å². The van der Waals surface area contributed by atoms with Gasteiger partial charge in [0.25, 0.3) is 0 Å². The molecular formula is C17H29N3. The molecule has 1 aliphatic rings. The maximum absolute atomic E-state index is 4.28. The van der Waals surface area contributed by atoms with E-state index in [-0.39, 0.29) is 5.54 Å².